The molecule has 0 aliphatic rings. The number of fused-ring (bicyclic) bond motifs is 1. The molecule has 3 heterocycles. The van der Waals surface area contributed by atoms with Crippen LogP contribution in [-0.4, -0.2) is 30.6 Å². The number of anilines is 1. The minimum absolute atomic E-state index is 0.0160. The molecule has 9 nitrogen and oxygen atoms in total. The Morgan fingerprint density at radius 3 is 2.72 bits per heavy atom. The van der Waals surface area contributed by atoms with Crippen molar-refractivity contribution in [1.82, 2.24) is 19.5 Å². The number of aromatic nitrogens is 4. The highest BCUT2D eigenvalue weighted by atomic mass is 35.5. The van der Waals surface area contributed by atoms with Crippen LogP contribution in [0.3, 0.4) is 0 Å². The molecule has 4 rings (SSSR count). The van der Waals surface area contributed by atoms with E-state index < -0.39 is 17.2 Å². The van der Waals surface area contributed by atoms with Gasteiger partial charge in [0.15, 0.2) is 0 Å². The highest BCUT2D eigenvalue weighted by Crippen LogP contribution is 2.35. The molecule has 0 atom stereocenters. The van der Waals surface area contributed by atoms with E-state index in [0.717, 1.165) is 5.56 Å². The maximum Gasteiger partial charge on any atom is 0.353 e. The summed E-state index contributed by atoms with van der Waals surface area (Å²) in [6, 6.07) is 8.25. The number of nitrogen functional groups attached to an aromatic ring is 1. The number of carboxylic acids is 1. The number of nitrogens with two attached hydrogens (primary N) is 1. The molecule has 5 N–H and O–H groups in total. The van der Waals surface area contributed by atoms with Gasteiger partial charge in [0, 0.05) is 40.4 Å². The molecule has 0 bridgehead atoms. The highest BCUT2D eigenvalue weighted by Gasteiger charge is 2.25. The van der Waals surface area contributed by atoms with E-state index in [2.05, 4.69) is 15.0 Å². The van der Waals surface area contributed by atoms with Crippen molar-refractivity contribution in [3.8, 4) is 11.1 Å². The predicted octanol–water partition coefficient (Wildman–Crippen LogP) is 2.06. The van der Waals surface area contributed by atoms with Gasteiger partial charge in [-0.15, -0.1) is 0 Å². The van der Waals surface area contributed by atoms with E-state index in [9.17, 15) is 19.5 Å². The van der Waals surface area contributed by atoms with Gasteiger partial charge in [-0.05, 0) is 35.9 Å². The molecule has 0 saturated heterocycles. The molecule has 0 unspecified atom stereocenters. The van der Waals surface area contributed by atoms with Crippen molar-refractivity contribution in [3.05, 3.63) is 79.8 Å². The van der Waals surface area contributed by atoms with Crippen molar-refractivity contribution in [3.63, 3.8) is 0 Å². The Hall–Kier alpha value is -3.85. The number of benzene rings is 1. The lowest BCUT2D eigenvalue weighted by Gasteiger charge is -2.10. The lowest BCUT2D eigenvalue weighted by Crippen LogP contribution is -2.23. The first-order valence-corrected chi connectivity index (χ1v) is 8.81. The minimum Gasteiger partial charge on any atom is -0.477 e. The highest BCUT2D eigenvalue weighted by molar-refractivity contribution is 6.31. The van der Waals surface area contributed by atoms with Crippen molar-refractivity contribution in [2.75, 3.05) is 5.73 Å². The van der Waals surface area contributed by atoms with Crippen LogP contribution in [0.1, 0.15) is 16.1 Å². The SMILES string of the molecule is Nc1cc(Cn2c(C(=O)O)c(-c3c[nH]c(=O)[nH]c3=O)c3cc(Cl)ccc32)ccn1. The number of carbonyl (C=O) groups is 1. The van der Waals surface area contributed by atoms with Gasteiger partial charge in [-0.25, -0.2) is 14.6 Å². The van der Waals surface area contributed by atoms with Gasteiger partial charge in [-0.1, -0.05) is 11.6 Å². The summed E-state index contributed by atoms with van der Waals surface area (Å²) in [5.41, 5.74) is 5.69. The summed E-state index contributed by atoms with van der Waals surface area (Å²) in [5.74, 6) is -0.934. The Morgan fingerprint density at radius 2 is 2.03 bits per heavy atom. The first-order chi connectivity index (χ1) is 13.8. The number of pyridine rings is 1. The Kier molecular flexibility index (Phi) is 4.44. The normalized spacial score (nSPS) is 11.1. The van der Waals surface area contributed by atoms with Crippen molar-refractivity contribution in [1.29, 1.82) is 0 Å². The molecule has 0 spiro atoms. The molecule has 1 aromatic carbocycles. The third-order valence-electron chi connectivity index (χ3n) is 4.50. The molecular formula is C19H14ClN5O4. The number of carboxylic acid groups (broad SMARTS) is 1. The minimum atomic E-state index is -1.24. The number of H-pyrrole nitrogens is 2. The molecule has 146 valence electrons. The van der Waals surface area contributed by atoms with Gasteiger partial charge in [-0.2, -0.15) is 0 Å². The van der Waals surface area contributed by atoms with Gasteiger partial charge < -0.3 is 20.4 Å². The first-order valence-electron chi connectivity index (χ1n) is 8.43. The summed E-state index contributed by atoms with van der Waals surface area (Å²) >= 11 is 6.14. The van der Waals surface area contributed by atoms with Crippen LogP contribution >= 0.6 is 11.6 Å². The fourth-order valence-corrected chi connectivity index (χ4v) is 3.53. The van der Waals surface area contributed by atoms with Gasteiger partial charge in [-0.3, -0.25) is 9.78 Å². The lowest BCUT2D eigenvalue weighted by atomic mass is 10.0. The molecule has 0 saturated carbocycles. The smallest absolute Gasteiger partial charge is 0.353 e. The second-order valence-corrected chi connectivity index (χ2v) is 6.79. The van der Waals surface area contributed by atoms with E-state index in [-0.39, 0.29) is 23.4 Å². The number of nitrogens with one attached hydrogen (secondary N) is 2. The van der Waals surface area contributed by atoms with Crippen molar-refractivity contribution in [2.24, 2.45) is 0 Å². The molecule has 0 amide bonds. The summed E-state index contributed by atoms with van der Waals surface area (Å²) in [7, 11) is 0. The van der Waals surface area contributed by atoms with E-state index in [1.54, 1.807) is 34.9 Å². The molecule has 4 aromatic rings. The second kappa shape index (κ2) is 6.95. The quantitative estimate of drug-likeness (QED) is 0.404. The van der Waals surface area contributed by atoms with Gasteiger partial charge in [0.1, 0.15) is 11.5 Å². The van der Waals surface area contributed by atoms with Crippen LogP contribution < -0.4 is 17.0 Å². The van der Waals surface area contributed by atoms with E-state index in [4.69, 9.17) is 17.3 Å². The Morgan fingerprint density at radius 1 is 1.24 bits per heavy atom. The fraction of sp³-hybridized carbons (Fsp3) is 0.0526. The van der Waals surface area contributed by atoms with Crippen LogP contribution in [0.2, 0.25) is 5.02 Å². The zero-order valence-corrected chi connectivity index (χ0v) is 15.5. The zero-order chi connectivity index (χ0) is 20.7. The van der Waals surface area contributed by atoms with Gasteiger partial charge in [0.25, 0.3) is 5.56 Å². The Balaban J connectivity index is 2.08. The predicted molar refractivity (Wildman–Crippen MR) is 108 cm³/mol. The molecule has 3 aromatic heterocycles. The number of aromatic carboxylic acids is 1. The number of aromatic amines is 2. The third kappa shape index (κ3) is 3.27. The maximum atomic E-state index is 12.4. The van der Waals surface area contributed by atoms with Crippen LogP contribution in [-0.2, 0) is 6.54 Å². The molecule has 0 aliphatic carbocycles. The molecule has 29 heavy (non-hydrogen) atoms. The van der Waals surface area contributed by atoms with Gasteiger partial charge in [0.2, 0.25) is 0 Å². The average Bonchev–Trinajstić information content (AvgIpc) is 2.95. The number of hydrogen-bond donors (Lipinski definition) is 4. The molecule has 0 fully saturated rings. The third-order valence-corrected chi connectivity index (χ3v) is 4.74. The summed E-state index contributed by atoms with van der Waals surface area (Å²) in [6.45, 7) is 0.174. The topological polar surface area (TPSA) is 147 Å². The van der Waals surface area contributed by atoms with Crippen molar-refractivity contribution >= 4 is 34.3 Å². The van der Waals surface area contributed by atoms with Crippen LogP contribution in [0.25, 0.3) is 22.0 Å². The molecule has 0 aliphatic heterocycles. The number of hydrogen-bond acceptors (Lipinski definition) is 5. The molecule has 0 radical (unpaired) electrons. The van der Waals surface area contributed by atoms with E-state index in [1.807, 2.05) is 0 Å². The second-order valence-electron chi connectivity index (χ2n) is 6.35. The van der Waals surface area contributed by atoms with E-state index in [0.29, 0.717) is 21.7 Å². The number of nitrogens with zero attached hydrogens (tertiary/aromatic N) is 2. The van der Waals surface area contributed by atoms with Crippen LogP contribution in [0.15, 0.2) is 52.3 Å². The van der Waals surface area contributed by atoms with Crippen LogP contribution in [0.4, 0.5) is 5.82 Å². The van der Waals surface area contributed by atoms with E-state index in [1.165, 1.54) is 12.4 Å². The Bertz CT molecular complexity index is 1390. The number of halogens is 1. The largest absolute Gasteiger partial charge is 0.477 e. The summed E-state index contributed by atoms with van der Waals surface area (Å²) in [6.07, 6.45) is 2.72. The van der Waals surface area contributed by atoms with Crippen molar-refractivity contribution in [2.45, 2.75) is 6.54 Å². The summed E-state index contributed by atoms with van der Waals surface area (Å²) in [5, 5.41) is 10.8. The molecular weight excluding hydrogens is 398 g/mol. The van der Waals surface area contributed by atoms with Crippen LogP contribution in [0, 0.1) is 0 Å². The summed E-state index contributed by atoms with van der Waals surface area (Å²) in [4.78, 5) is 44.5. The van der Waals surface area contributed by atoms with Gasteiger partial charge >= 0.3 is 11.7 Å². The first kappa shape index (κ1) is 18.5. The molecule has 10 heteroatoms. The van der Waals surface area contributed by atoms with E-state index >= 15 is 0 Å². The zero-order valence-electron chi connectivity index (χ0n) is 14.8. The monoisotopic (exact) mass is 411 g/mol. The van der Waals surface area contributed by atoms with Crippen LogP contribution in [0.5, 0.6) is 0 Å². The lowest BCUT2D eigenvalue weighted by molar-refractivity contribution is 0.0687. The maximum absolute atomic E-state index is 12.4. The fourth-order valence-electron chi connectivity index (χ4n) is 3.36. The van der Waals surface area contributed by atoms with Gasteiger partial charge in [0.05, 0.1) is 5.56 Å². The standard InChI is InChI=1S/C19H14ClN5O4/c20-10-1-2-13-11(6-10)15(12-7-23-19(29)24-17(12)26)16(18(27)28)25(13)8-9-3-4-22-14(21)5-9/h1-7H,8H2,(H2,21,22)(H,27,28)(H2,23,24,26,29). The summed E-state index contributed by atoms with van der Waals surface area (Å²) < 4.78 is 1.56. The Labute approximate surface area is 167 Å². The average molecular weight is 412 g/mol. The number of rotatable bonds is 4. The van der Waals surface area contributed by atoms with Crippen molar-refractivity contribution < 1.29 is 9.90 Å².